The van der Waals surface area contributed by atoms with Crippen molar-refractivity contribution >= 4 is 17.5 Å². The number of amides is 1. The first-order chi connectivity index (χ1) is 20.1. The minimum atomic E-state index is -2.00. The van der Waals surface area contributed by atoms with Crippen LogP contribution in [0.1, 0.15) is 40.2 Å². The number of hydrogen-bond donors (Lipinski definition) is 2. The molecule has 1 saturated carbocycles. The third-order valence-corrected chi connectivity index (χ3v) is 8.15. The molecule has 3 heterocycles. The Hall–Kier alpha value is -3.83. The Morgan fingerprint density at radius 2 is 1.81 bits per heavy atom. The number of carbonyl (C=O) groups excluding carboxylic acids is 1. The van der Waals surface area contributed by atoms with E-state index in [2.05, 4.69) is 10.1 Å². The molecule has 1 amide bonds. The fourth-order valence-corrected chi connectivity index (χ4v) is 5.52. The van der Waals surface area contributed by atoms with Gasteiger partial charge in [0.1, 0.15) is 17.7 Å². The summed E-state index contributed by atoms with van der Waals surface area (Å²) in [6.45, 7) is -0.318. The Labute approximate surface area is 247 Å². The van der Waals surface area contributed by atoms with Crippen molar-refractivity contribution in [1.82, 2.24) is 19.7 Å². The van der Waals surface area contributed by atoms with Crippen LogP contribution in [-0.4, -0.2) is 61.2 Å². The van der Waals surface area contributed by atoms with Crippen molar-refractivity contribution in [1.29, 1.82) is 0 Å². The molecule has 2 aromatic carbocycles. The quantitative estimate of drug-likeness (QED) is 0.283. The van der Waals surface area contributed by atoms with E-state index in [1.54, 1.807) is 66.5 Å². The van der Waals surface area contributed by atoms with Crippen LogP contribution in [0.25, 0.3) is 11.1 Å². The van der Waals surface area contributed by atoms with Gasteiger partial charge < -0.3 is 19.7 Å². The minimum Gasteiger partial charge on any atom is -0.495 e. The standard InChI is InChI=1S/C31H30ClFN4O5/c1-36-14-11-21(35-36)15-26(38)31(42-18-30(40)12-13-30)27-25(10-9-24(28(27)33)19-3-5-20(32)6-4-19)29(39)37(31)17-22-7-8-23(41-2)16-34-22/h3-11,14,16,26,38,40H,12-13,15,17-18H2,1-2H3/t26?,31-/m0/s1. The Morgan fingerprint density at radius 1 is 1.07 bits per heavy atom. The zero-order chi connectivity index (χ0) is 29.6. The first-order valence-corrected chi connectivity index (χ1v) is 13.9. The highest BCUT2D eigenvalue weighted by Crippen LogP contribution is 2.49. The number of fused-ring (bicyclic) bond motifs is 1. The number of ether oxygens (including phenoxy) is 2. The Kier molecular flexibility index (Phi) is 7.26. The molecule has 1 fully saturated rings. The van der Waals surface area contributed by atoms with Gasteiger partial charge in [0.15, 0.2) is 0 Å². The van der Waals surface area contributed by atoms with Gasteiger partial charge in [0, 0.05) is 30.3 Å². The van der Waals surface area contributed by atoms with Crippen LogP contribution in [0.5, 0.6) is 5.75 Å². The minimum absolute atomic E-state index is 0.0524. The summed E-state index contributed by atoms with van der Waals surface area (Å²) < 4.78 is 30.1. The van der Waals surface area contributed by atoms with Gasteiger partial charge in [-0.1, -0.05) is 29.8 Å². The second kappa shape index (κ2) is 10.8. The van der Waals surface area contributed by atoms with E-state index in [9.17, 15) is 15.0 Å². The van der Waals surface area contributed by atoms with Gasteiger partial charge >= 0.3 is 0 Å². The number of aryl methyl sites for hydroxylation is 1. The molecule has 9 nitrogen and oxygen atoms in total. The number of methoxy groups -OCH3 is 1. The van der Waals surface area contributed by atoms with Gasteiger partial charge in [0.05, 0.1) is 54.6 Å². The zero-order valence-electron chi connectivity index (χ0n) is 23.1. The molecule has 0 radical (unpaired) electrons. The normalized spacial score (nSPS) is 19.6. The van der Waals surface area contributed by atoms with Crippen molar-refractivity contribution in [2.24, 2.45) is 7.05 Å². The molecule has 11 heteroatoms. The van der Waals surface area contributed by atoms with Gasteiger partial charge in [-0.05, 0) is 54.8 Å². The molecule has 6 rings (SSSR count). The van der Waals surface area contributed by atoms with Crippen LogP contribution in [0.15, 0.2) is 67.0 Å². The largest absolute Gasteiger partial charge is 0.495 e. The summed E-state index contributed by atoms with van der Waals surface area (Å²) in [4.78, 5) is 19.8. The summed E-state index contributed by atoms with van der Waals surface area (Å²) in [5.41, 5.74) is -1.42. The summed E-state index contributed by atoms with van der Waals surface area (Å²) in [6, 6.07) is 14.9. The molecule has 218 valence electrons. The molecule has 2 aromatic heterocycles. The van der Waals surface area contributed by atoms with Gasteiger partial charge in [-0.25, -0.2) is 4.39 Å². The van der Waals surface area contributed by atoms with Crippen LogP contribution >= 0.6 is 11.6 Å². The van der Waals surface area contributed by atoms with Crippen molar-refractivity contribution in [2.45, 2.75) is 43.2 Å². The van der Waals surface area contributed by atoms with Crippen LogP contribution in [0.4, 0.5) is 4.39 Å². The summed E-state index contributed by atoms with van der Waals surface area (Å²) in [6.07, 6.45) is 2.72. The number of benzene rings is 2. The first-order valence-electron chi connectivity index (χ1n) is 13.6. The van der Waals surface area contributed by atoms with E-state index < -0.39 is 29.2 Å². The molecule has 42 heavy (non-hydrogen) atoms. The average molecular weight is 593 g/mol. The number of hydrogen-bond acceptors (Lipinski definition) is 7. The van der Waals surface area contributed by atoms with Gasteiger partial charge in [-0.3, -0.25) is 19.4 Å². The Morgan fingerprint density at radius 3 is 2.43 bits per heavy atom. The van der Waals surface area contributed by atoms with E-state index in [-0.39, 0.29) is 36.3 Å². The van der Waals surface area contributed by atoms with Crippen LogP contribution in [0, 0.1) is 5.82 Å². The number of pyridine rings is 1. The smallest absolute Gasteiger partial charge is 0.257 e. The lowest BCUT2D eigenvalue weighted by Gasteiger charge is -2.42. The predicted octanol–water partition coefficient (Wildman–Crippen LogP) is 4.24. The van der Waals surface area contributed by atoms with E-state index in [0.29, 0.717) is 40.6 Å². The third kappa shape index (κ3) is 5.05. The van der Waals surface area contributed by atoms with Crippen molar-refractivity contribution in [3.05, 3.63) is 100 Å². The monoisotopic (exact) mass is 592 g/mol. The number of aliphatic hydroxyl groups is 2. The SMILES string of the molecule is COc1ccc(CN2C(=O)c3ccc(-c4ccc(Cl)cc4)c(F)c3[C@@]2(OCC2(O)CC2)C(O)Cc2ccn(C)n2)nc1. The van der Waals surface area contributed by atoms with E-state index in [4.69, 9.17) is 21.1 Å². The van der Waals surface area contributed by atoms with Crippen LogP contribution < -0.4 is 4.74 Å². The lowest BCUT2D eigenvalue weighted by atomic mass is 9.89. The van der Waals surface area contributed by atoms with E-state index in [1.165, 1.54) is 24.3 Å². The highest BCUT2D eigenvalue weighted by molar-refractivity contribution is 6.30. The highest BCUT2D eigenvalue weighted by atomic mass is 35.5. The molecule has 0 saturated heterocycles. The summed E-state index contributed by atoms with van der Waals surface area (Å²) in [5, 5.41) is 27.7. The van der Waals surface area contributed by atoms with E-state index in [0.717, 1.165) is 0 Å². The second-order valence-electron chi connectivity index (χ2n) is 10.8. The second-order valence-corrected chi connectivity index (χ2v) is 11.3. The molecular formula is C31H30ClFN4O5. The van der Waals surface area contributed by atoms with Crippen LogP contribution in [-0.2, 0) is 30.5 Å². The highest BCUT2D eigenvalue weighted by Gasteiger charge is 2.59. The van der Waals surface area contributed by atoms with Gasteiger partial charge in [-0.15, -0.1) is 0 Å². The fourth-order valence-electron chi connectivity index (χ4n) is 5.40. The molecule has 4 aromatic rings. The number of aliphatic hydroxyl groups excluding tert-OH is 1. The van der Waals surface area contributed by atoms with Gasteiger partial charge in [0.25, 0.3) is 5.91 Å². The maximum atomic E-state index is 16.9. The average Bonchev–Trinajstić information content (AvgIpc) is 3.50. The van der Waals surface area contributed by atoms with Crippen molar-refractivity contribution < 1.29 is 28.9 Å². The Balaban J connectivity index is 1.53. The molecule has 1 aliphatic heterocycles. The lowest BCUT2D eigenvalue weighted by molar-refractivity contribution is -0.218. The number of rotatable bonds is 10. The summed E-state index contributed by atoms with van der Waals surface area (Å²) in [5.74, 6) is -0.717. The molecule has 0 spiro atoms. The van der Waals surface area contributed by atoms with Gasteiger partial charge in [0.2, 0.25) is 5.72 Å². The maximum Gasteiger partial charge on any atom is 0.257 e. The first kappa shape index (κ1) is 28.3. The van der Waals surface area contributed by atoms with E-state index >= 15 is 4.39 Å². The summed E-state index contributed by atoms with van der Waals surface area (Å²) >= 11 is 6.08. The fraction of sp³-hybridized carbons (Fsp3) is 0.323. The van der Waals surface area contributed by atoms with Crippen LogP contribution in [0.3, 0.4) is 0 Å². The zero-order valence-corrected chi connectivity index (χ0v) is 23.9. The lowest BCUT2D eigenvalue weighted by Crippen LogP contribution is -2.55. The maximum absolute atomic E-state index is 16.9. The number of nitrogens with zero attached hydrogens (tertiary/aromatic N) is 4. The third-order valence-electron chi connectivity index (χ3n) is 7.90. The molecule has 1 unspecified atom stereocenters. The number of carbonyl (C=O) groups is 1. The molecule has 2 aliphatic rings. The molecular weight excluding hydrogens is 563 g/mol. The topological polar surface area (TPSA) is 110 Å². The molecule has 1 aliphatic carbocycles. The Bertz CT molecular complexity index is 1620. The van der Waals surface area contributed by atoms with Crippen molar-refractivity contribution in [2.75, 3.05) is 13.7 Å². The molecule has 2 N–H and O–H groups in total. The van der Waals surface area contributed by atoms with Gasteiger partial charge in [-0.2, -0.15) is 5.10 Å². The van der Waals surface area contributed by atoms with E-state index in [1.807, 2.05) is 0 Å². The summed E-state index contributed by atoms with van der Waals surface area (Å²) in [7, 11) is 3.27. The van der Waals surface area contributed by atoms with Crippen molar-refractivity contribution in [3.8, 4) is 16.9 Å². The van der Waals surface area contributed by atoms with Crippen LogP contribution in [0.2, 0.25) is 5.02 Å². The predicted molar refractivity (Wildman–Crippen MR) is 152 cm³/mol. The number of aromatic nitrogens is 3. The van der Waals surface area contributed by atoms with Crippen molar-refractivity contribution in [3.63, 3.8) is 0 Å². The molecule has 2 atom stereocenters. The number of halogens is 2. The molecule has 0 bridgehead atoms.